The maximum Gasteiger partial charge on any atom is 0.339 e. The van der Waals surface area contributed by atoms with Crippen molar-refractivity contribution in [1.29, 1.82) is 0 Å². The summed E-state index contributed by atoms with van der Waals surface area (Å²) in [4.78, 5) is 32.6. The van der Waals surface area contributed by atoms with Crippen LogP contribution in [0.5, 0.6) is 0 Å². The summed E-state index contributed by atoms with van der Waals surface area (Å²) < 4.78 is 2.07. The maximum absolute atomic E-state index is 11.1. The number of rotatable bonds is 0. The van der Waals surface area contributed by atoms with E-state index >= 15 is 0 Å². The zero-order chi connectivity index (χ0) is 16.8. The summed E-state index contributed by atoms with van der Waals surface area (Å²) in [6.07, 6.45) is 0. The summed E-state index contributed by atoms with van der Waals surface area (Å²) in [6.45, 7) is 10.9. The number of imide groups is 1. The summed E-state index contributed by atoms with van der Waals surface area (Å²) in [7, 11) is 0. The fraction of sp³-hybridized carbons (Fsp3) is 0.750. The van der Waals surface area contributed by atoms with E-state index in [1.54, 1.807) is 13.8 Å². The molecule has 0 aromatic carbocycles. The first-order valence-corrected chi connectivity index (χ1v) is 7.02. The van der Waals surface area contributed by atoms with E-state index in [1.807, 2.05) is 27.7 Å². The second-order valence-corrected chi connectivity index (χ2v) is 7.17. The van der Waals surface area contributed by atoms with Crippen LogP contribution in [0.2, 0.25) is 0 Å². The van der Waals surface area contributed by atoms with Gasteiger partial charge in [-0.15, -0.1) is 0 Å². The molecule has 2 fully saturated rings. The first-order valence-electron chi connectivity index (χ1n) is 6.34. The zero-order valence-electron chi connectivity index (χ0n) is 12.9. The number of amides is 5. The Morgan fingerprint density at radius 1 is 0.857 bits per heavy atom. The molecule has 0 saturated carbocycles. The highest BCUT2D eigenvalue weighted by Gasteiger charge is 2.51. The van der Waals surface area contributed by atoms with E-state index in [0.717, 1.165) is 4.42 Å². The van der Waals surface area contributed by atoms with Gasteiger partial charge in [0.15, 0.2) is 0 Å². The number of urea groups is 2. The lowest BCUT2D eigenvalue weighted by Crippen LogP contribution is -2.50. The molecule has 2 heterocycles. The summed E-state index contributed by atoms with van der Waals surface area (Å²) in [5, 5.41) is 4.86. The Morgan fingerprint density at radius 2 is 1.33 bits per heavy atom. The average molecular weight is 339 g/mol. The molecule has 21 heavy (non-hydrogen) atoms. The molecule has 0 radical (unpaired) electrons. The van der Waals surface area contributed by atoms with Gasteiger partial charge in [0.05, 0.1) is 11.1 Å². The predicted octanol–water partition coefficient (Wildman–Crippen LogP) is 2.19. The number of hydrogen-bond donors (Lipinski definition) is 2. The molecule has 0 aliphatic carbocycles. The van der Waals surface area contributed by atoms with Gasteiger partial charge < -0.3 is 5.32 Å². The van der Waals surface area contributed by atoms with Crippen molar-refractivity contribution in [3.05, 3.63) is 0 Å². The summed E-state index contributed by atoms with van der Waals surface area (Å²) in [5.41, 5.74) is -1.53. The van der Waals surface area contributed by atoms with Gasteiger partial charge in [0.25, 0.3) is 5.91 Å². The number of nitrogens with zero attached hydrogens (tertiary/aromatic N) is 2. The van der Waals surface area contributed by atoms with Crippen LogP contribution in [0.25, 0.3) is 0 Å². The van der Waals surface area contributed by atoms with Crippen LogP contribution in [0.15, 0.2) is 0 Å². The predicted molar refractivity (Wildman–Crippen MR) is 79.7 cm³/mol. The lowest BCUT2D eigenvalue weighted by molar-refractivity contribution is -0.124. The van der Waals surface area contributed by atoms with E-state index in [2.05, 4.69) is 10.6 Å². The van der Waals surface area contributed by atoms with Gasteiger partial charge in [-0.1, -0.05) is 0 Å². The van der Waals surface area contributed by atoms with Crippen LogP contribution in [-0.2, 0) is 4.79 Å². The molecule has 2 rings (SSSR count). The molecule has 7 nitrogen and oxygen atoms in total. The van der Waals surface area contributed by atoms with E-state index in [0.29, 0.717) is 0 Å². The Labute approximate surface area is 134 Å². The van der Waals surface area contributed by atoms with Gasteiger partial charge in [0.1, 0.15) is 5.54 Å². The van der Waals surface area contributed by atoms with Gasteiger partial charge >= 0.3 is 12.1 Å². The van der Waals surface area contributed by atoms with Gasteiger partial charge in [0, 0.05) is 23.6 Å². The Balaban J connectivity index is 0.000000211. The van der Waals surface area contributed by atoms with E-state index < -0.39 is 11.6 Å². The molecule has 120 valence electrons. The molecule has 2 saturated heterocycles. The van der Waals surface area contributed by atoms with Crippen LogP contribution in [0.4, 0.5) is 9.59 Å². The minimum Gasteiger partial charge on any atom is -0.330 e. The van der Waals surface area contributed by atoms with Crippen molar-refractivity contribution in [3.63, 3.8) is 0 Å². The number of halogens is 2. The normalized spacial score (nSPS) is 25.2. The molecule has 0 unspecified atom stereocenters. The molecule has 5 amide bonds. The Morgan fingerprint density at radius 3 is 1.43 bits per heavy atom. The molecule has 2 N–H and O–H groups in total. The van der Waals surface area contributed by atoms with Crippen molar-refractivity contribution in [2.24, 2.45) is 0 Å². The average Bonchev–Trinajstić information content (AvgIpc) is 2.59. The minimum atomic E-state index is -0.918. The van der Waals surface area contributed by atoms with Gasteiger partial charge in [-0.05, 0) is 41.5 Å². The molecule has 0 bridgehead atoms. The third kappa shape index (κ3) is 2.89. The summed E-state index contributed by atoms with van der Waals surface area (Å²) in [5.74, 6) is -0.368. The lowest BCUT2D eigenvalue weighted by atomic mass is 9.85. The van der Waals surface area contributed by atoms with Gasteiger partial charge in [0.2, 0.25) is 0 Å². The monoisotopic (exact) mass is 338 g/mol. The highest BCUT2D eigenvalue weighted by atomic mass is 35.5. The van der Waals surface area contributed by atoms with Crippen LogP contribution in [0.1, 0.15) is 41.5 Å². The van der Waals surface area contributed by atoms with Crippen molar-refractivity contribution >= 4 is 41.5 Å². The Kier molecular flexibility index (Phi) is 4.42. The van der Waals surface area contributed by atoms with Crippen LogP contribution in [0, 0.1) is 0 Å². The minimum absolute atomic E-state index is 0.221. The molecule has 0 spiro atoms. The molecule has 0 aromatic rings. The molecule has 2 aliphatic rings. The fourth-order valence-corrected chi connectivity index (χ4v) is 1.98. The van der Waals surface area contributed by atoms with E-state index in [-0.39, 0.29) is 23.0 Å². The summed E-state index contributed by atoms with van der Waals surface area (Å²) in [6, 6.07) is -0.779. The third-order valence-corrected chi connectivity index (χ3v) is 5.22. The number of nitrogens with one attached hydrogen (secondary N) is 2. The van der Waals surface area contributed by atoms with E-state index in [4.69, 9.17) is 23.6 Å². The number of carbonyl (C=O) groups excluding carboxylic acids is 3. The van der Waals surface area contributed by atoms with Crippen LogP contribution in [0.3, 0.4) is 0 Å². The van der Waals surface area contributed by atoms with Crippen LogP contribution >= 0.6 is 23.6 Å². The van der Waals surface area contributed by atoms with Gasteiger partial charge in [-0.2, -0.15) is 0 Å². The first kappa shape index (κ1) is 17.8. The van der Waals surface area contributed by atoms with Crippen molar-refractivity contribution < 1.29 is 14.4 Å². The highest BCUT2D eigenvalue weighted by molar-refractivity contribution is 6.28. The second-order valence-electron chi connectivity index (χ2n) is 6.49. The van der Waals surface area contributed by atoms with Gasteiger partial charge in [-0.3, -0.25) is 10.1 Å². The zero-order valence-corrected chi connectivity index (χ0v) is 14.4. The molecule has 0 aromatic heterocycles. The topological polar surface area (TPSA) is 81.8 Å². The number of hydrogen-bond acceptors (Lipinski definition) is 3. The fourth-order valence-electron chi connectivity index (χ4n) is 1.61. The molecular weight excluding hydrogens is 319 g/mol. The van der Waals surface area contributed by atoms with Crippen LogP contribution in [-0.4, -0.2) is 43.4 Å². The van der Waals surface area contributed by atoms with Gasteiger partial charge in [-0.25, -0.2) is 18.4 Å². The first-order chi connectivity index (χ1) is 9.25. The quantitative estimate of drug-likeness (QED) is 0.524. The largest absolute Gasteiger partial charge is 0.339 e. The van der Waals surface area contributed by atoms with Crippen molar-refractivity contribution in [3.8, 4) is 0 Å². The van der Waals surface area contributed by atoms with E-state index in [1.165, 1.54) is 4.42 Å². The second kappa shape index (κ2) is 5.21. The maximum atomic E-state index is 11.1. The van der Waals surface area contributed by atoms with Crippen molar-refractivity contribution in [2.45, 2.75) is 58.2 Å². The molecular formula is C12H20Cl2N4O3. The summed E-state index contributed by atoms with van der Waals surface area (Å²) >= 11 is 11.2. The Hall–Kier alpha value is -1.21. The SMILES string of the molecule is CC1(C)C(=O)NC(=O)N1Cl.CC1(C)NC(=O)N(Cl)C1(C)C. The number of carbonyl (C=O) groups is 3. The van der Waals surface area contributed by atoms with Crippen molar-refractivity contribution in [1.82, 2.24) is 19.5 Å². The molecule has 9 heteroatoms. The van der Waals surface area contributed by atoms with E-state index in [9.17, 15) is 14.4 Å². The van der Waals surface area contributed by atoms with Crippen molar-refractivity contribution in [2.75, 3.05) is 0 Å². The molecule has 0 atom stereocenters. The highest BCUT2D eigenvalue weighted by Crippen LogP contribution is 2.34. The smallest absolute Gasteiger partial charge is 0.330 e. The molecule has 2 aliphatic heterocycles. The van der Waals surface area contributed by atoms with Crippen LogP contribution < -0.4 is 10.6 Å². The Bertz CT molecular complexity index is 491. The third-order valence-electron chi connectivity index (χ3n) is 4.06. The standard InChI is InChI=1S/C7H13ClN2O.C5H7ClN2O2/c1-6(2)7(3,4)10(8)5(11)9-6;1-5(2)3(9)7-4(10)8(5)6/h1-4H3,(H,9,11);1-2H3,(H,7,9,10). The lowest BCUT2D eigenvalue weighted by Gasteiger charge is -2.35.